The molecule has 1 nitrogen and oxygen atoms in total. The number of hydrogen-bond acceptors (Lipinski definition) is 1. The SMILES string of the molecule is CC1=C=C(C)C(C)(C(c2ccccc2)(c2ccccc2)c2cccc(O[Si](C)(C)C)c2)C1C. The molecule has 0 saturated carbocycles. The van der Waals surface area contributed by atoms with Crippen LogP contribution in [-0.2, 0) is 5.41 Å². The van der Waals surface area contributed by atoms with Crippen molar-refractivity contribution in [3.63, 3.8) is 0 Å². The van der Waals surface area contributed by atoms with Crippen LogP contribution in [0.5, 0.6) is 5.75 Å². The first-order valence-corrected chi connectivity index (χ1v) is 15.4. The second-order valence-electron chi connectivity index (χ2n) is 10.6. The molecule has 0 aliphatic heterocycles. The van der Waals surface area contributed by atoms with Crippen LogP contribution in [-0.4, -0.2) is 8.32 Å². The molecule has 0 amide bonds. The second kappa shape index (κ2) is 8.52. The zero-order chi connectivity index (χ0) is 23.9. The summed E-state index contributed by atoms with van der Waals surface area (Å²) in [5, 5.41) is 0. The van der Waals surface area contributed by atoms with Gasteiger partial charge in [-0.1, -0.05) is 86.6 Å². The smallest absolute Gasteiger partial charge is 0.242 e. The van der Waals surface area contributed by atoms with Crippen LogP contribution < -0.4 is 4.43 Å². The fourth-order valence-corrected chi connectivity index (χ4v) is 6.65. The van der Waals surface area contributed by atoms with E-state index in [1.54, 1.807) is 0 Å². The standard InChI is InChI=1S/C31H36OSi/c1-23-21-24(2)30(4,25(23)3)31(26-15-10-8-11-16-26,27-17-12-9-13-18-27)28-19-14-20-29(22-28)32-33(5,6)7/h8-20,22,25H,1-7H3. The van der Waals surface area contributed by atoms with Crippen molar-refractivity contribution in [3.05, 3.63) is 118 Å². The number of allylic oxidation sites excluding steroid dienone is 1. The highest BCUT2D eigenvalue weighted by Crippen LogP contribution is 2.62. The highest BCUT2D eigenvalue weighted by molar-refractivity contribution is 6.70. The summed E-state index contributed by atoms with van der Waals surface area (Å²) in [6.45, 7) is 16.0. The Hall–Kier alpha value is -2.80. The van der Waals surface area contributed by atoms with Crippen molar-refractivity contribution in [2.75, 3.05) is 0 Å². The molecule has 3 aromatic carbocycles. The fraction of sp³-hybridized carbons (Fsp3) is 0.323. The molecule has 33 heavy (non-hydrogen) atoms. The van der Waals surface area contributed by atoms with E-state index < -0.39 is 13.7 Å². The molecule has 0 saturated heterocycles. The summed E-state index contributed by atoms with van der Waals surface area (Å²) in [5.41, 5.74) is 9.62. The Labute approximate surface area is 201 Å². The van der Waals surface area contributed by atoms with Gasteiger partial charge in [-0.3, -0.25) is 0 Å². The van der Waals surface area contributed by atoms with Crippen LogP contribution in [0.3, 0.4) is 0 Å². The molecule has 0 aromatic heterocycles. The minimum Gasteiger partial charge on any atom is -0.544 e. The van der Waals surface area contributed by atoms with E-state index >= 15 is 0 Å². The first kappa shape index (κ1) is 23.4. The van der Waals surface area contributed by atoms with Crippen molar-refractivity contribution in [2.24, 2.45) is 11.3 Å². The van der Waals surface area contributed by atoms with Gasteiger partial charge in [0.2, 0.25) is 8.32 Å². The quantitative estimate of drug-likeness (QED) is 0.207. The summed E-state index contributed by atoms with van der Waals surface area (Å²) in [4.78, 5) is 0. The topological polar surface area (TPSA) is 9.23 Å². The van der Waals surface area contributed by atoms with Gasteiger partial charge in [-0.15, -0.1) is 5.73 Å². The van der Waals surface area contributed by atoms with Crippen LogP contribution in [0.4, 0.5) is 0 Å². The Morgan fingerprint density at radius 1 is 0.788 bits per heavy atom. The summed E-state index contributed by atoms with van der Waals surface area (Å²) < 4.78 is 6.49. The third-order valence-corrected chi connectivity index (χ3v) is 8.41. The summed E-state index contributed by atoms with van der Waals surface area (Å²) in [6.07, 6.45) is 0. The van der Waals surface area contributed by atoms with Gasteiger partial charge in [0, 0.05) is 5.41 Å². The van der Waals surface area contributed by atoms with E-state index in [9.17, 15) is 0 Å². The molecule has 0 fully saturated rings. The molecule has 4 rings (SSSR count). The van der Waals surface area contributed by atoms with Gasteiger partial charge in [0.05, 0.1) is 5.41 Å². The van der Waals surface area contributed by atoms with Crippen molar-refractivity contribution >= 4 is 8.32 Å². The van der Waals surface area contributed by atoms with E-state index in [4.69, 9.17) is 4.43 Å². The van der Waals surface area contributed by atoms with Gasteiger partial charge in [-0.05, 0) is 79.4 Å². The minimum absolute atomic E-state index is 0.197. The van der Waals surface area contributed by atoms with Crippen LogP contribution in [0, 0.1) is 11.3 Å². The zero-order valence-electron chi connectivity index (χ0n) is 21.1. The second-order valence-corrected chi connectivity index (χ2v) is 15.0. The lowest BCUT2D eigenvalue weighted by Gasteiger charge is -2.52. The first-order chi connectivity index (χ1) is 15.6. The summed E-state index contributed by atoms with van der Waals surface area (Å²) in [7, 11) is -1.75. The van der Waals surface area contributed by atoms with E-state index in [1.807, 2.05) is 0 Å². The lowest BCUT2D eigenvalue weighted by atomic mass is 9.49. The van der Waals surface area contributed by atoms with Crippen molar-refractivity contribution < 1.29 is 4.43 Å². The van der Waals surface area contributed by atoms with Gasteiger partial charge in [0.1, 0.15) is 5.75 Å². The molecule has 1 aliphatic rings. The zero-order valence-corrected chi connectivity index (χ0v) is 22.1. The fourth-order valence-electron chi connectivity index (χ4n) is 5.82. The van der Waals surface area contributed by atoms with Gasteiger partial charge in [0.15, 0.2) is 0 Å². The molecule has 170 valence electrons. The van der Waals surface area contributed by atoms with E-state index in [0.717, 1.165) is 5.75 Å². The maximum absolute atomic E-state index is 6.49. The highest BCUT2D eigenvalue weighted by atomic mass is 28.4. The maximum Gasteiger partial charge on any atom is 0.242 e. The van der Waals surface area contributed by atoms with Gasteiger partial charge in [0.25, 0.3) is 0 Å². The first-order valence-electron chi connectivity index (χ1n) is 12.0. The van der Waals surface area contributed by atoms with Crippen LogP contribution in [0.2, 0.25) is 19.6 Å². The molecule has 0 spiro atoms. The van der Waals surface area contributed by atoms with Crippen LogP contribution in [0.15, 0.2) is 102 Å². The van der Waals surface area contributed by atoms with Crippen LogP contribution in [0.1, 0.15) is 44.4 Å². The lowest BCUT2D eigenvalue weighted by molar-refractivity contribution is 0.203. The van der Waals surface area contributed by atoms with Crippen LogP contribution >= 0.6 is 0 Å². The van der Waals surface area contributed by atoms with E-state index in [-0.39, 0.29) is 5.41 Å². The molecule has 2 heteroatoms. The van der Waals surface area contributed by atoms with E-state index in [2.05, 4.69) is 138 Å². The third-order valence-electron chi connectivity index (χ3n) is 7.56. The van der Waals surface area contributed by atoms with Crippen LogP contribution in [0.25, 0.3) is 0 Å². The van der Waals surface area contributed by atoms with Gasteiger partial charge in [-0.2, -0.15) is 0 Å². The van der Waals surface area contributed by atoms with E-state index in [0.29, 0.717) is 5.92 Å². The Kier molecular flexibility index (Phi) is 6.03. The maximum atomic E-state index is 6.49. The highest BCUT2D eigenvalue weighted by Gasteiger charge is 2.57. The average Bonchev–Trinajstić information content (AvgIpc) is 2.98. The molecular weight excluding hydrogens is 416 g/mol. The Morgan fingerprint density at radius 3 is 1.76 bits per heavy atom. The molecule has 2 atom stereocenters. The van der Waals surface area contributed by atoms with Gasteiger partial charge < -0.3 is 4.43 Å². The number of benzene rings is 3. The Morgan fingerprint density at radius 2 is 1.30 bits per heavy atom. The molecule has 0 radical (unpaired) electrons. The predicted octanol–water partition coefficient (Wildman–Crippen LogP) is 8.38. The molecule has 0 N–H and O–H groups in total. The molecule has 3 aromatic rings. The molecule has 2 unspecified atom stereocenters. The van der Waals surface area contributed by atoms with Crippen molar-refractivity contribution in [2.45, 2.75) is 52.8 Å². The number of rotatable bonds is 6. The lowest BCUT2D eigenvalue weighted by Crippen LogP contribution is -2.49. The monoisotopic (exact) mass is 452 g/mol. The van der Waals surface area contributed by atoms with Gasteiger partial charge in [-0.25, -0.2) is 0 Å². The normalized spacial score (nSPS) is 20.9. The van der Waals surface area contributed by atoms with Gasteiger partial charge >= 0.3 is 0 Å². The predicted molar refractivity (Wildman–Crippen MR) is 142 cm³/mol. The van der Waals surface area contributed by atoms with E-state index in [1.165, 1.54) is 27.8 Å². The molecule has 1 aliphatic carbocycles. The average molecular weight is 453 g/mol. The number of hydrogen-bond donors (Lipinski definition) is 0. The Bertz CT molecular complexity index is 1160. The Balaban J connectivity index is 2.12. The van der Waals surface area contributed by atoms with Crippen molar-refractivity contribution in [3.8, 4) is 5.75 Å². The molecule has 0 bridgehead atoms. The summed E-state index contributed by atoms with van der Waals surface area (Å²) in [5.74, 6) is 1.29. The summed E-state index contributed by atoms with van der Waals surface area (Å²) >= 11 is 0. The summed E-state index contributed by atoms with van der Waals surface area (Å²) in [6, 6.07) is 30.9. The molecular formula is C31H36OSi. The molecule has 0 heterocycles. The minimum atomic E-state index is -1.75. The van der Waals surface area contributed by atoms with Crippen molar-refractivity contribution in [1.82, 2.24) is 0 Å². The van der Waals surface area contributed by atoms with Crippen molar-refractivity contribution in [1.29, 1.82) is 0 Å². The third kappa shape index (κ3) is 3.82. The largest absolute Gasteiger partial charge is 0.544 e.